The van der Waals surface area contributed by atoms with E-state index in [2.05, 4.69) is 15.3 Å². The lowest BCUT2D eigenvalue weighted by atomic mass is 10.4. The summed E-state index contributed by atoms with van der Waals surface area (Å²) in [4.78, 5) is 17.9. The SMILES string of the molecule is CCOc1ncnc(NCCOC)c1[N+](=O)[O-]. The Morgan fingerprint density at radius 2 is 2.29 bits per heavy atom. The summed E-state index contributed by atoms with van der Waals surface area (Å²) in [6, 6.07) is 0. The fourth-order valence-corrected chi connectivity index (χ4v) is 1.17. The summed E-state index contributed by atoms with van der Waals surface area (Å²) < 4.78 is 9.92. The molecule has 1 heterocycles. The molecule has 0 saturated heterocycles. The van der Waals surface area contributed by atoms with Gasteiger partial charge in [-0.25, -0.2) is 4.98 Å². The van der Waals surface area contributed by atoms with Gasteiger partial charge >= 0.3 is 5.69 Å². The molecule has 0 amide bonds. The molecular weight excluding hydrogens is 228 g/mol. The number of anilines is 1. The highest BCUT2D eigenvalue weighted by Gasteiger charge is 2.23. The molecule has 0 fully saturated rings. The predicted molar refractivity (Wildman–Crippen MR) is 60.2 cm³/mol. The smallest absolute Gasteiger partial charge is 0.372 e. The second kappa shape index (κ2) is 6.59. The fourth-order valence-electron chi connectivity index (χ4n) is 1.17. The van der Waals surface area contributed by atoms with Crippen molar-refractivity contribution in [2.45, 2.75) is 6.92 Å². The maximum atomic E-state index is 10.9. The fraction of sp³-hybridized carbons (Fsp3) is 0.556. The second-order valence-electron chi connectivity index (χ2n) is 2.99. The molecule has 17 heavy (non-hydrogen) atoms. The average molecular weight is 242 g/mol. The van der Waals surface area contributed by atoms with Crippen LogP contribution in [-0.2, 0) is 4.74 Å². The van der Waals surface area contributed by atoms with E-state index in [9.17, 15) is 10.1 Å². The molecule has 0 aliphatic carbocycles. The monoisotopic (exact) mass is 242 g/mol. The van der Waals surface area contributed by atoms with E-state index in [1.54, 1.807) is 14.0 Å². The number of hydrogen-bond donors (Lipinski definition) is 1. The number of nitrogens with zero attached hydrogens (tertiary/aromatic N) is 3. The Morgan fingerprint density at radius 1 is 1.53 bits per heavy atom. The van der Waals surface area contributed by atoms with E-state index in [0.717, 1.165) is 0 Å². The minimum absolute atomic E-state index is 0.0348. The standard InChI is InChI=1S/C9H14N4O4/c1-3-17-9-7(13(14)15)8(11-6-12-9)10-4-5-16-2/h6H,3-5H2,1-2H3,(H,10,11,12). The summed E-state index contributed by atoms with van der Waals surface area (Å²) in [5, 5.41) is 13.7. The van der Waals surface area contributed by atoms with Crippen molar-refractivity contribution in [1.82, 2.24) is 9.97 Å². The third kappa shape index (κ3) is 3.52. The van der Waals surface area contributed by atoms with Gasteiger partial charge in [-0.2, -0.15) is 4.98 Å². The zero-order valence-corrected chi connectivity index (χ0v) is 9.67. The van der Waals surface area contributed by atoms with Crippen LogP contribution in [0.3, 0.4) is 0 Å². The quantitative estimate of drug-likeness (QED) is 0.429. The molecule has 0 aliphatic heterocycles. The Hall–Kier alpha value is -1.96. The molecule has 0 saturated carbocycles. The van der Waals surface area contributed by atoms with Crippen molar-refractivity contribution >= 4 is 11.5 Å². The van der Waals surface area contributed by atoms with Crippen LogP contribution in [0.1, 0.15) is 6.92 Å². The Kier molecular flexibility index (Phi) is 5.08. The average Bonchev–Trinajstić information content (AvgIpc) is 2.29. The van der Waals surface area contributed by atoms with Crippen LogP contribution in [0.25, 0.3) is 0 Å². The van der Waals surface area contributed by atoms with Gasteiger partial charge in [-0.05, 0) is 6.92 Å². The highest BCUT2D eigenvalue weighted by molar-refractivity contribution is 5.61. The van der Waals surface area contributed by atoms with Crippen molar-refractivity contribution < 1.29 is 14.4 Å². The third-order valence-corrected chi connectivity index (χ3v) is 1.85. The summed E-state index contributed by atoms with van der Waals surface area (Å²) in [6.45, 7) is 2.87. The predicted octanol–water partition coefficient (Wildman–Crippen LogP) is 0.842. The summed E-state index contributed by atoms with van der Waals surface area (Å²) in [5.41, 5.74) is -0.259. The van der Waals surface area contributed by atoms with Gasteiger partial charge in [0, 0.05) is 13.7 Å². The van der Waals surface area contributed by atoms with Crippen LogP contribution in [0.5, 0.6) is 5.88 Å². The third-order valence-electron chi connectivity index (χ3n) is 1.85. The minimum atomic E-state index is -0.569. The molecule has 0 aromatic carbocycles. The van der Waals surface area contributed by atoms with Gasteiger partial charge in [-0.3, -0.25) is 10.1 Å². The van der Waals surface area contributed by atoms with Gasteiger partial charge in [0.2, 0.25) is 5.82 Å². The van der Waals surface area contributed by atoms with Crippen LogP contribution < -0.4 is 10.1 Å². The maximum Gasteiger partial charge on any atom is 0.372 e. The molecule has 0 atom stereocenters. The first kappa shape index (κ1) is 13.1. The van der Waals surface area contributed by atoms with Crippen LogP contribution in [0.2, 0.25) is 0 Å². The Morgan fingerprint density at radius 3 is 2.88 bits per heavy atom. The molecular formula is C9H14N4O4. The molecule has 8 heteroatoms. The maximum absolute atomic E-state index is 10.9. The molecule has 0 spiro atoms. The Labute approximate surface area is 98.1 Å². The lowest BCUT2D eigenvalue weighted by Crippen LogP contribution is -2.12. The Balaban J connectivity index is 2.94. The van der Waals surface area contributed by atoms with Gasteiger partial charge < -0.3 is 14.8 Å². The lowest BCUT2D eigenvalue weighted by Gasteiger charge is -2.07. The summed E-state index contributed by atoms with van der Waals surface area (Å²) in [5.74, 6) is 0.0953. The molecule has 1 N–H and O–H groups in total. The van der Waals surface area contributed by atoms with Crippen molar-refractivity contribution in [3.8, 4) is 5.88 Å². The summed E-state index contributed by atoms with van der Waals surface area (Å²) in [7, 11) is 1.54. The number of hydrogen-bond acceptors (Lipinski definition) is 7. The minimum Gasteiger partial charge on any atom is -0.473 e. The highest BCUT2D eigenvalue weighted by Crippen LogP contribution is 2.30. The Bertz CT molecular complexity index is 385. The van der Waals surface area contributed by atoms with Gasteiger partial charge in [0.15, 0.2) is 0 Å². The van der Waals surface area contributed by atoms with E-state index < -0.39 is 4.92 Å². The van der Waals surface area contributed by atoms with Crippen molar-refractivity contribution in [3.63, 3.8) is 0 Å². The number of aromatic nitrogens is 2. The zero-order chi connectivity index (χ0) is 12.7. The number of ether oxygens (including phenoxy) is 2. The van der Waals surface area contributed by atoms with Crippen LogP contribution in [-0.4, -0.2) is 41.8 Å². The van der Waals surface area contributed by atoms with E-state index >= 15 is 0 Å². The number of rotatable bonds is 7. The summed E-state index contributed by atoms with van der Waals surface area (Å²) >= 11 is 0. The van der Waals surface area contributed by atoms with E-state index in [1.807, 2.05) is 0 Å². The van der Waals surface area contributed by atoms with Crippen LogP contribution >= 0.6 is 0 Å². The van der Waals surface area contributed by atoms with Gasteiger partial charge in [-0.1, -0.05) is 0 Å². The first-order valence-electron chi connectivity index (χ1n) is 5.05. The second-order valence-corrected chi connectivity index (χ2v) is 2.99. The topological polar surface area (TPSA) is 99.4 Å². The van der Waals surface area contributed by atoms with Crippen LogP contribution in [0.4, 0.5) is 11.5 Å². The molecule has 0 unspecified atom stereocenters. The largest absolute Gasteiger partial charge is 0.473 e. The number of nitro groups is 1. The van der Waals surface area contributed by atoms with Gasteiger partial charge in [-0.15, -0.1) is 0 Å². The zero-order valence-electron chi connectivity index (χ0n) is 9.67. The molecule has 94 valence electrons. The molecule has 0 radical (unpaired) electrons. The van der Waals surface area contributed by atoms with Crippen LogP contribution in [0, 0.1) is 10.1 Å². The van der Waals surface area contributed by atoms with E-state index in [1.165, 1.54) is 6.33 Å². The van der Waals surface area contributed by atoms with Crippen molar-refractivity contribution in [2.24, 2.45) is 0 Å². The molecule has 0 bridgehead atoms. The first-order valence-corrected chi connectivity index (χ1v) is 5.05. The van der Waals surface area contributed by atoms with E-state index in [-0.39, 0.29) is 17.4 Å². The molecule has 0 aliphatic rings. The molecule has 1 rings (SSSR count). The normalized spacial score (nSPS) is 10.0. The van der Waals surface area contributed by atoms with Crippen molar-refractivity contribution in [2.75, 3.05) is 32.2 Å². The molecule has 1 aromatic heterocycles. The first-order chi connectivity index (χ1) is 8.20. The number of methoxy groups -OCH3 is 1. The highest BCUT2D eigenvalue weighted by atomic mass is 16.6. The van der Waals surface area contributed by atoms with Gasteiger partial charge in [0.1, 0.15) is 6.33 Å². The number of nitrogens with one attached hydrogen (secondary N) is 1. The van der Waals surface area contributed by atoms with Crippen molar-refractivity contribution in [3.05, 3.63) is 16.4 Å². The van der Waals surface area contributed by atoms with Crippen LogP contribution in [0.15, 0.2) is 6.33 Å². The molecule has 1 aromatic rings. The molecule has 8 nitrogen and oxygen atoms in total. The van der Waals surface area contributed by atoms with E-state index in [4.69, 9.17) is 9.47 Å². The summed E-state index contributed by atoms with van der Waals surface area (Å²) in [6.07, 6.45) is 1.22. The van der Waals surface area contributed by atoms with E-state index in [0.29, 0.717) is 19.8 Å². The lowest BCUT2D eigenvalue weighted by molar-refractivity contribution is -0.385. The van der Waals surface area contributed by atoms with Gasteiger partial charge in [0.05, 0.1) is 18.1 Å². The van der Waals surface area contributed by atoms with Crippen molar-refractivity contribution in [1.29, 1.82) is 0 Å². The van der Waals surface area contributed by atoms with Gasteiger partial charge in [0.25, 0.3) is 5.88 Å².